The van der Waals surface area contributed by atoms with E-state index in [9.17, 15) is 13.2 Å². The van der Waals surface area contributed by atoms with E-state index in [2.05, 4.69) is 4.72 Å². The average Bonchev–Trinajstić information content (AvgIpc) is 2.42. The van der Waals surface area contributed by atoms with Crippen LogP contribution in [0.5, 0.6) is 5.75 Å². The summed E-state index contributed by atoms with van der Waals surface area (Å²) in [6.45, 7) is 0.438. The number of carbonyl (C=O) groups excluding carboxylic acids is 1. The monoisotopic (exact) mass is 299 g/mol. The highest BCUT2D eigenvalue weighted by Crippen LogP contribution is 2.21. The van der Waals surface area contributed by atoms with E-state index >= 15 is 0 Å². The van der Waals surface area contributed by atoms with Crippen LogP contribution in [0.3, 0.4) is 0 Å². The van der Waals surface area contributed by atoms with Crippen LogP contribution in [0.15, 0.2) is 35.2 Å². The van der Waals surface area contributed by atoms with E-state index in [0.29, 0.717) is 6.54 Å². The second-order valence-electron chi connectivity index (χ2n) is 3.79. The van der Waals surface area contributed by atoms with Crippen LogP contribution in [0.4, 0.5) is 0 Å². The summed E-state index contributed by atoms with van der Waals surface area (Å²) >= 11 is 0. The maximum Gasteiger partial charge on any atom is 0.252 e. The number of nitrogens with one attached hydrogen (secondary N) is 1. The summed E-state index contributed by atoms with van der Waals surface area (Å²) in [5.74, 6) is -0.540. The number of hydrogen-bond donors (Lipinski definition) is 3. The molecule has 0 atom stereocenters. The lowest BCUT2D eigenvalue weighted by molar-refractivity contribution is 0.0997. The largest absolute Gasteiger partial charge is 0.496 e. The van der Waals surface area contributed by atoms with Crippen molar-refractivity contribution in [2.75, 3.05) is 20.2 Å². The minimum absolute atomic E-state index is 0.00729. The molecular formula is C12H17N3O4S. The number of hydrogen-bond acceptors (Lipinski definition) is 5. The molecule has 0 aliphatic rings. The summed E-state index contributed by atoms with van der Waals surface area (Å²) in [7, 11) is -2.36. The minimum atomic E-state index is -3.73. The molecule has 0 aliphatic carbocycles. The summed E-state index contributed by atoms with van der Waals surface area (Å²) in [4.78, 5) is 11.2. The molecule has 0 saturated carbocycles. The first-order chi connectivity index (χ1) is 9.42. The van der Waals surface area contributed by atoms with Gasteiger partial charge in [0.2, 0.25) is 10.0 Å². The van der Waals surface area contributed by atoms with Crippen molar-refractivity contribution in [3.63, 3.8) is 0 Å². The Morgan fingerprint density at radius 1 is 1.40 bits per heavy atom. The van der Waals surface area contributed by atoms with Crippen molar-refractivity contribution in [3.8, 4) is 5.75 Å². The molecule has 1 rings (SSSR count). The van der Waals surface area contributed by atoms with Crippen LogP contribution in [0.25, 0.3) is 0 Å². The molecule has 20 heavy (non-hydrogen) atoms. The maximum absolute atomic E-state index is 12.0. The van der Waals surface area contributed by atoms with Gasteiger partial charge >= 0.3 is 0 Å². The van der Waals surface area contributed by atoms with Crippen molar-refractivity contribution < 1.29 is 17.9 Å². The van der Waals surface area contributed by atoms with Gasteiger partial charge in [-0.25, -0.2) is 13.1 Å². The first kappa shape index (κ1) is 16.2. The third kappa shape index (κ3) is 4.05. The quantitative estimate of drug-likeness (QED) is 0.590. The van der Waals surface area contributed by atoms with Gasteiger partial charge in [-0.15, -0.1) is 0 Å². The summed E-state index contributed by atoms with van der Waals surface area (Å²) in [5, 5.41) is 0. The zero-order chi connectivity index (χ0) is 15.2. The molecule has 0 aliphatic heterocycles. The van der Waals surface area contributed by atoms with Gasteiger partial charge in [0.15, 0.2) is 0 Å². The van der Waals surface area contributed by atoms with Crippen molar-refractivity contribution in [1.29, 1.82) is 0 Å². The molecule has 0 bridgehead atoms. The highest BCUT2D eigenvalue weighted by molar-refractivity contribution is 7.89. The third-order valence-electron chi connectivity index (χ3n) is 2.44. The lowest BCUT2D eigenvalue weighted by Crippen LogP contribution is -2.24. The van der Waals surface area contributed by atoms with E-state index in [1.807, 2.05) is 0 Å². The second kappa shape index (κ2) is 7.04. The van der Waals surface area contributed by atoms with Crippen molar-refractivity contribution in [3.05, 3.63) is 35.9 Å². The topological polar surface area (TPSA) is 125 Å². The van der Waals surface area contributed by atoms with E-state index in [4.69, 9.17) is 16.2 Å². The number of amides is 1. The molecule has 5 N–H and O–H groups in total. The van der Waals surface area contributed by atoms with E-state index in [-0.39, 0.29) is 22.8 Å². The Hall–Kier alpha value is -1.90. The van der Waals surface area contributed by atoms with Gasteiger partial charge < -0.3 is 16.2 Å². The number of nitrogens with two attached hydrogens (primary N) is 2. The van der Waals surface area contributed by atoms with Gasteiger partial charge in [-0.05, 0) is 18.2 Å². The number of ether oxygens (including phenoxy) is 1. The van der Waals surface area contributed by atoms with Crippen LogP contribution in [0.1, 0.15) is 10.4 Å². The van der Waals surface area contributed by atoms with Crippen LogP contribution in [0, 0.1) is 0 Å². The first-order valence-corrected chi connectivity index (χ1v) is 7.23. The van der Waals surface area contributed by atoms with Crippen molar-refractivity contribution in [2.24, 2.45) is 11.5 Å². The molecule has 110 valence electrons. The Bertz CT molecular complexity index is 611. The Morgan fingerprint density at radius 2 is 2.10 bits per heavy atom. The molecule has 0 unspecified atom stereocenters. The van der Waals surface area contributed by atoms with Gasteiger partial charge in [-0.3, -0.25) is 4.79 Å². The highest BCUT2D eigenvalue weighted by Gasteiger charge is 2.17. The molecule has 7 nitrogen and oxygen atoms in total. The highest BCUT2D eigenvalue weighted by atomic mass is 32.2. The number of carbonyl (C=O) groups is 1. The molecule has 1 amide bonds. The summed E-state index contributed by atoms with van der Waals surface area (Å²) in [5.41, 5.74) is 10.4. The van der Waals surface area contributed by atoms with E-state index < -0.39 is 15.9 Å². The fraction of sp³-hybridized carbons (Fsp3) is 0.250. The van der Waals surface area contributed by atoms with Gasteiger partial charge in [0.1, 0.15) is 5.75 Å². The zero-order valence-corrected chi connectivity index (χ0v) is 11.8. The number of sulfonamides is 1. The van der Waals surface area contributed by atoms with Gasteiger partial charge in [0, 0.05) is 13.1 Å². The van der Waals surface area contributed by atoms with E-state index in [0.717, 1.165) is 0 Å². The Labute approximate surface area is 117 Å². The van der Waals surface area contributed by atoms with Crippen LogP contribution < -0.4 is 20.9 Å². The lowest BCUT2D eigenvalue weighted by Gasteiger charge is -2.09. The minimum Gasteiger partial charge on any atom is -0.496 e. The number of rotatable bonds is 7. The third-order valence-corrected chi connectivity index (χ3v) is 3.86. The Balaban J connectivity index is 3.04. The predicted molar refractivity (Wildman–Crippen MR) is 74.9 cm³/mol. The van der Waals surface area contributed by atoms with Crippen LogP contribution in [-0.2, 0) is 10.0 Å². The number of benzene rings is 1. The normalized spacial score (nSPS) is 11.7. The second-order valence-corrected chi connectivity index (χ2v) is 5.55. The molecule has 0 spiro atoms. The maximum atomic E-state index is 12.0. The van der Waals surface area contributed by atoms with Gasteiger partial charge in [0.25, 0.3) is 5.91 Å². The fourth-order valence-corrected chi connectivity index (χ4v) is 2.47. The summed E-state index contributed by atoms with van der Waals surface area (Å²) in [6, 6.07) is 3.89. The molecule has 8 heteroatoms. The van der Waals surface area contributed by atoms with Crippen molar-refractivity contribution in [2.45, 2.75) is 4.90 Å². The molecule has 1 aromatic carbocycles. The molecule has 0 saturated heterocycles. The Kier molecular flexibility index (Phi) is 5.68. The van der Waals surface area contributed by atoms with Gasteiger partial charge in [-0.1, -0.05) is 12.2 Å². The van der Waals surface area contributed by atoms with Crippen LogP contribution in [0.2, 0.25) is 0 Å². The van der Waals surface area contributed by atoms with Crippen molar-refractivity contribution >= 4 is 15.9 Å². The van der Waals surface area contributed by atoms with E-state index in [1.165, 1.54) is 25.3 Å². The first-order valence-electron chi connectivity index (χ1n) is 5.75. The fourth-order valence-electron chi connectivity index (χ4n) is 1.47. The summed E-state index contributed by atoms with van der Waals surface area (Å²) in [6.07, 6.45) is 3.22. The van der Waals surface area contributed by atoms with Crippen LogP contribution in [-0.4, -0.2) is 34.5 Å². The predicted octanol–water partition coefficient (Wildman–Crippen LogP) is -0.413. The Morgan fingerprint density at radius 3 is 2.65 bits per heavy atom. The van der Waals surface area contributed by atoms with Crippen LogP contribution >= 0.6 is 0 Å². The number of methoxy groups -OCH3 is 1. The standard InChI is InChI=1S/C12H17N3O4S/c1-19-11-5-4-9(8-10(11)12(14)16)20(17,18)15-7-3-2-6-13/h2-5,8,15H,6-7,13H2,1H3,(H2,14,16)/b3-2+. The SMILES string of the molecule is COc1ccc(S(=O)(=O)NC/C=C/CN)cc1C(N)=O. The van der Waals surface area contributed by atoms with Crippen molar-refractivity contribution in [1.82, 2.24) is 4.72 Å². The number of primary amides is 1. The summed E-state index contributed by atoms with van der Waals surface area (Å²) < 4.78 is 31.3. The molecule has 0 fully saturated rings. The average molecular weight is 299 g/mol. The molecule has 0 heterocycles. The molecule has 0 radical (unpaired) electrons. The van der Waals surface area contributed by atoms with Gasteiger partial charge in [0.05, 0.1) is 17.6 Å². The molecular weight excluding hydrogens is 282 g/mol. The van der Waals surface area contributed by atoms with Gasteiger partial charge in [-0.2, -0.15) is 0 Å². The molecule has 0 aromatic heterocycles. The van der Waals surface area contributed by atoms with E-state index in [1.54, 1.807) is 12.2 Å². The lowest BCUT2D eigenvalue weighted by atomic mass is 10.2. The zero-order valence-electron chi connectivity index (χ0n) is 11.0. The molecule has 1 aromatic rings. The smallest absolute Gasteiger partial charge is 0.252 e.